The number of rotatable bonds is 5. The molecular weight excluding hydrogens is 291 g/mol. The molecule has 2 nitrogen and oxygen atoms in total. The lowest BCUT2D eigenvalue weighted by Gasteiger charge is -2.21. The van der Waals surface area contributed by atoms with E-state index in [9.17, 15) is 0 Å². The first-order valence-electron chi connectivity index (χ1n) is 6.72. The van der Waals surface area contributed by atoms with Crippen molar-refractivity contribution in [2.45, 2.75) is 26.3 Å². The molecule has 0 fully saturated rings. The van der Waals surface area contributed by atoms with Crippen molar-refractivity contribution in [3.63, 3.8) is 0 Å². The number of aromatic nitrogens is 1. The molecule has 1 heterocycles. The van der Waals surface area contributed by atoms with Gasteiger partial charge in [0.1, 0.15) is 0 Å². The zero-order chi connectivity index (χ0) is 14.5. The maximum absolute atomic E-state index is 6.14. The Kier molecular flexibility index (Phi) is 5.41. The third kappa shape index (κ3) is 3.51. The van der Waals surface area contributed by atoms with Gasteiger partial charge in [0.05, 0.1) is 16.1 Å². The van der Waals surface area contributed by atoms with E-state index in [4.69, 9.17) is 23.2 Å². The molecule has 0 saturated heterocycles. The van der Waals surface area contributed by atoms with E-state index in [-0.39, 0.29) is 6.04 Å². The molecule has 0 amide bonds. The molecule has 0 aliphatic rings. The highest BCUT2D eigenvalue weighted by Crippen LogP contribution is 2.29. The first-order chi connectivity index (χ1) is 9.63. The zero-order valence-corrected chi connectivity index (χ0v) is 13.2. The highest BCUT2D eigenvalue weighted by molar-refractivity contribution is 6.42. The molecule has 0 aliphatic carbocycles. The number of nitrogens with zero attached hydrogens (tertiary/aromatic N) is 1. The molecule has 0 saturated carbocycles. The van der Waals surface area contributed by atoms with Crippen LogP contribution in [-0.2, 0) is 0 Å². The summed E-state index contributed by atoms with van der Waals surface area (Å²) < 4.78 is 0. The molecule has 4 heteroatoms. The van der Waals surface area contributed by atoms with Crippen LogP contribution in [0.1, 0.15) is 36.1 Å². The average molecular weight is 309 g/mol. The number of aryl methyl sites for hydroxylation is 1. The van der Waals surface area contributed by atoms with E-state index in [2.05, 4.69) is 24.1 Å². The average Bonchev–Trinajstić information content (AvgIpc) is 2.44. The fourth-order valence-corrected chi connectivity index (χ4v) is 2.47. The Morgan fingerprint density at radius 3 is 2.65 bits per heavy atom. The summed E-state index contributed by atoms with van der Waals surface area (Å²) in [7, 11) is 0. The lowest BCUT2D eigenvalue weighted by molar-refractivity contribution is 0.594. The molecule has 2 rings (SSSR count). The molecule has 0 radical (unpaired) electrons. The van der Waals surface area contributed by atoms with Gasteiger partial charge < -0.3 is 5.32 Å². The van der Waals surface area contributed by atoms with Gasteiger partial charge in [0, 0.05) is 12.4 Å². The van der Waals surface area contributed by atoms with Crippen LogP contribution in [0.15, 0.2) is 36.7 Å². The Balaban J connectivity index is 2.41. The fourth-order valence-electron chi connectivity index (χ4n) is 2.17. The van der Waals surface area contributed by atoms with Crippen molar-refractivity contribution in [1.29, 1.82) is 0 Å². The van der Waals surface area contributed by atoms with E-state index in [0.717, 1.165) is 18.5 Å². The highest BCUT2D eigenvalue weighted by Gasteiger charge is 2.16. The number of nitrogens with one attached hydrogen (secondary N) is 1. The van der Waals surface area contributed by atoms with Crippen molar-refractivity contribution in [3.05, 3.63) is 63.4 Å². The van der Waals surface area contributed by atoms with Crippen molar-refractivity contribution in [3.8, 4) is 0 Å². The minimum atomic E-state index is 0.0819. The predicted octanol–water partition coefficient (Wildman–Crippen LogP) is 4.79. The van der Waals surface area contributed by atoms with E-state index >= 15 is 0 Å². The van der Waals surface area contributed by atoms with Crippen LogP contribution < -0.4 is 5.32 Å². The van der Waals surface area contributed by atoms with Crippen molar-refractivity contribution in [2.75, 3.05) is 6.54 Å². The number of benzene rings is 1. The molecule has 20 heavy (non-hydrogen) atoms. The SMILES string of the molecule is CCCNC(c1ccc(Cl)c(Cl)c1)c1cnccc1C. The second-order valence-electron chi connectivity index (χ2n) is 4.79. The predicted molar refractivity (Wildman–Crippen MR) is 85.6 cm³/mol. The van der Waals surface area contributed by atoms with Gasteiger partial charge in [-0.15, -0.1) is 0 Å². The lowest BCUT2D eigenvalue weighted by Crippen LogP contribution is -2.24. The van der Waals surface area contributed by atoms with Gasteiger partial charge >= 0.3 is 0 Å². The second-order valence-corrected chi connectivity index (χ2v) is 5.61. The van der Waals surface area contributed by atoms with Crippen molar-refractivity contribution >= 4 is 23.2 Å². The zero-order valence-electron chi connectivity index (χ0n) is 11.7. The molecule has 0 bridgehead atoms. The number of hydrogen-bond donors (Lipinski definition) is 1. The van der Waals surface area contributed by atoms with Crippen LogP contribution in [0.25, 0.3) is 0 Å². The van der Waals surface area contributed by atoms with Gasteiger partial charge in [-0.2, -0.15) is 0 Å². The van der Waals surface area contributed by atoms with Gasteiger partial charge in [0.2, 0.25) is 0 Å². The lowest BCUT2D eigenvalue weighted by atomic mass is 9.96. The van der Waals surface area contributed by atoms with Gasteiger partial charge in [-0.3, -0.25) is 4.98 Å². The van der Waals surface area contributed by atoms with Crippen LogP contribution in [0.4, 0.5) is 0 Å². The number of pyridine rings is 1. The van der Waals surface area contributed by atoms with E-state index < -0.39 is 0 Å². The van der Waals surface area contributed by atoms with Crippen LogP contribution in [0.3, 0.4) is 0 Å². The first kappa shape index (κ1) is 15.3. The van der Waals surface area contributed by atoms with Crippen LogP contribution >= 0.6 is 23.2 Å². The van der Waals surface area contributed by atoms with Gasteiger partial charge in [0.25, 0.3) is 0 Å². The molecule has 106 valence electrons. The summed E-state index contributed by atoms with van der Waals surface area (Å²) in [6, 6.07) is 7.87. The fraction of sp³-hybridized carbons (Fsp3) is 0.312. The molecule has 2 aromatic rings. The quantitative estimate of drug-likeness (QED) is 0.859. The van der Waals surface area contributed by atoms with E-state index in [1.165, 1.54) is 11.1 Å². The summed E-state index contributed by atoms with van der Waals surface area (Å²) in [5.41, 5.74) is 3.47. The van der Waals surface area contributed by atoms with Crippen molar-refractivity contribution < 1.29 is 0 Å². The third-order valence-electron chi connectivity index (χ3n) is 3.27. The van der Waals surface area contributed by atoms with Crippen molar-refractivity contribution in [1.82, 2.24) is 10.3 Å². The monoisotopic (exact) mass is 308 g/mol. The Bertz CT molecular complexity index is 584. The standard InChI is InChI=1S/C16H18Cl2N2/c1-3-7-20-16(13-10-19-8-6-11(13)2)12-4-5-14(17)15(18)9-12/h4-6,8-10,16,20H,3,7H2,1-2H3. The van der Waals surface area contributed by atoms with E-state index in [1.54, 1.807) is 0 Å². The smallest absolute Gasteiger partial charge is 0.0595 e. The third-order valence-corrected chi connectivity index (χ3v) is 4.01. The largest absolute Gasteiger partial charge is 0.306 e. The Labute approximate surface area is 130 Å². The highest BCUT2D eigenvalue weighted by atomic mass is 35.5. The van der Waals surface area contributed by atoms with E-state index in [1.807, 2.05) is 36.7 Å². The Hall–Kier alpha value is -1.09. The second kappa shape index (κ2) is 7.07. The van der Waals surface area contributed by atoms with Gasteiger partial charge in [-0.25, -0.2) is 0 Å². The van der Waals surface area contributed by atoms with Gasteiger partial charge in [0.15, 0.2) is 0 Å². The summed E-state index contributed by atoms with van der Waals surface area (Å²) in [4.78, 5) is 4.24. The molecule has 1 N–H and O–H groups in total. The summed E-state index contributed by atoms with van der Waals surface area (Å²) in [6.07, 6.45) is 4.78. The normalized spacial score (nSPS) is 12.4. The van der Waals surface area contributed by atoms with Gasteiger partial charge in [-0.1, -0.05) is 36.2 Å². The first-order valence-corrected chi connectivity index (χ1v) is 7.48. The summed E-state index contributed by atoms with van der Waals surface area (Å²) >= 11 is 12.1. The summed E-state index contributed by atoms with van der Waals surface area (Å²) in [5, 5.41) is 4.70. The molecule has 1 aromatic carbocycles. The maximum Gasteiger partial charge on any atom is 0.0595 e. The van der Waals surface area contributed by atoms with Crippen LogP contribution in [0.2, 0.25) is 10.0 Å². The number of halogens is 2. The van der Waals surface area contributed by atoms with Crippen LogP contribution in [-0.4, -0.2) is 11.5 Å². The maximum atomic E-state index is 6.14. The van der Waals surface area contributed by atoms with E-state index in [0.29, 0.717) is 10.0 Å². The molecule has 1 aromatic heterocycles. The molecule has 1 atom stereocenters. The number of hydrogen-bond acceptors (Lipinski definition) is 2. The van der Waals surface area contributed by atoms with Gasteiger partial charge in [-0.05, 0) is 54.8 Å². The minimum absolute atomic E-state index is 0.0819. The Morgan fingerprint density at radius 1 is 1.20 bits per heavy atom. The topological polar surface area (TPSA) is 24.9 Å². The Morgan fingerprint density at radius 2 is 2.00 bits per heavy atom. The van der Waals surface area contributed by atoms with Crippen molar-refractivity contribution in [2.24, 2.45) is 0 Å². The van der Waals surface area contributed by atoms with Crippen LogP contribution in [0.5, 0.6) is 0 Å². The van der Waals surface area contributed by atoms with Crippen LogP contribution in [0, 0.1) is 6.92 Å². The summed E-state index contributed by atoms with van der Waals surface area (Å²) in [5.74, 6) is 0. The minimum Gasteiger partial charge on any atom is -0.306 e. The molecule has 0 spiro atoms. The summed E-state index contributed by atoms with van der Waals surface area (Å²) in [6.45, 7) is 5.17. The molecule has 0 aliphatic heterocycles. The molecule has 1 unspecified atom stereocenters. The molecular formula is C16H18Cl2N2.